The Morgan fingerprint density at radius 3 is 2.74 bits per heavy atom. The number of carboxylic acid groups (broad SMARTS) is 1. The van der Waals surface area contributed by atoms with Crippen molar-refractivity contribution in [3.8, 4) is 0 Å². The quantitative estimate of drug-likeness (QED) is 0.889. The molecular formula is C13H14F3NO2. The fourth-order valence-electron chi connectivity index (χ4n) is 2.34. The van der Waals surface area contributed by atoms with Crippen molar-refractivity contribution < 1.29 is 23.1 Å². The Balaban J connectivity index is 2.07. The lowest BCUT2D eigenvalue weighted by Crippen LogP contribution is -2.37. The van der Waals surface area contributed by atoms with E-state index in [-0.39, 0.29) is 0 Å². The van der Waals surface area contributed by atoms with Crippen LogP contribution in [0.1, 0.15) is 18.4 Å². The van der Waals surface area contributed by atoms with Crippen LogP contribution in [-0.4, -0.2) is 23.3 Å². The minimum Gasteiger partial charge on any atom is -0.481 e. The Morgan fingerprint density at radius 1 is 1.42 bits per heavy atom. The topological polar surface area (TPSA) is 49.3 Å². The third-order valence-corrected chi connectivity index (χ3v) is 3.35. The van der Waals surface area contributed by atoms with Crippen LogP contribution in [0.25, 0.3) is 0 Å². The van der Waals surface area contributed by atoms with Crippen molar-refractivity contribution in [2.75, 3.05) is 5.32 Å². The number of aryl methyl sites for hydroxylation is 1. The van der Waals surface area contributed by atoms with Crippen molar-refractivity contribution in [1.29, 1.82) is 0 Å². The van der Waals surface area contributed by atoms with Crippen molar-refractivity contribution in [3.05, 3.63) is 29.8 Å². The molecule has 0 aliphatic carbocycles. The van der Waals surface area contributed by atoms with Crippen molar-refractivity contribution in [1.82, 2.24) is 0 Å². The summed E-state index contributed by atoms with van der Waals surface area (Å²) < 4.78 is 37.8. The lowest BCUT2D eigenvalue weighted by atomic mass is 9.91. The van der Waals surface area contributed by atoms with Gasteiger partial charge in [-0.2, -0.15) is 13.2 Å². The molecule has 104 valence electrons. The number of carboxylic acids is 1. The Bertz CT molecular complexity index is 473. The van der Waals surface area contributed by atoms with Crippen LogP contribution >= 0.6 is 0 Å². The van der Waals surface area contributed by atoms with Crippen molar-refractivity contribution >= 4 is 11.7 Å². The number of alkyl halides is 3. The van der Waals surface area contributed by atoms with Gasteiger partial charge in [-0.1, -0.05) is 18.2 Å². The zero-order valence-electron chi connectivity index (χ0n) is 10.1. The summed E-state index contributed by atoms with van der Waals surface area (Å²) >= 11 is 0. The molecular weight excluding hydrogens is 259 g/mol. The van der Waals surface area contributed by atoms with E-state index in [1.54, 1.807) is 12.1 Å². The number of aliphatic carboxylic acids is 1. The van der Waals surface area contributed by atoms with Gasteiger partial charge >= 0.3 is 12.1 Å². The first-order chi connectivity index (χ1) is 8.88. The largest absolute Gasteiger partial charge is 0.481 e. The number of benzene rings is 1. The fraction of sp³-hybridized carbons (Fsp3) is 0.462. The third kappa shape index (κ3) is 3.19. The number of halogens is 3. The van der Waals surface area contributed by atoms with E-state index in [9.17, 15) is 18.0 Å². The summed E-state index contributed by atoms with van der Waals surface area (Å²) in [5.41, 5.74) is 1.85. The lowest BCUT2D eigenvalue weighted by molar-refractivity contribution is -0.195. The summed E-state index contributed by atoms with van der Waals surface area (Å²) in [5, 5.41) is 11.7. The van der Waals surface area contributed by atoms with Gasteiger partial charge in [0.1, 0.15) is 0 Å². The van der Waals surface area contributed by atoms with Gasteiger partial charge in [0.05, 0.1) is 0 Å². The highest BCUT2D eigenvalue weighted by Crippen LogP contribution is 2.33. The maximum atomic E-state index is 12.6. The Labute approximate surface area is 108 Å². The molecule has 2 atom stereocenters. The van der Waals surface area contributed by atoms with Gasteiger partial charge in [0.2, 0.25) is 0 Å². The molecule has 6 heteroatoms. The zero-order valence-corrected chi connectivity index (χ0v) is 10.1. The van der Waals surface area contributed by atoms with Gasteiger partial charge in [-0.3, -0.25) is 4.79 Å². The van der Waals surface area contributed by atoms with Gasteiger partial charge in [0.25, 0.3) is 0 Å². The number of hydrogen-bond donors (Lipinski definition) is 2. The molecule has 0 amide bonds. The number of fused-ring (bicyclic) bond motifs is 1. The van der Waals surface area contributed by atoms with E-state index in [4.69, 9.17) is 5.11 Å². The van der Waals surface area contributed by atoms with Gasteiger partial charge in [0.15, 0.2) is 5.92 Å². The summed E-state index contributed by atoms with van der Waals surface area (Å²) in [6.07, 6.45) is -3.97. The van der Waals surface area contributed by atoms with Gasteiger partial charge < -0.3 is 10.4 Å². The molecule has 2 N–H and O–H groups in total. The molecule has 0 spiro atoms. The summed E-state index contributed by atoms with van der Waals surface area (Å²) in [6, 6.07) is 6.92. The Kier molecular flexibility index (Phi) is 3.68. The second-order valence-electron chi connectivity index (χ2n) is 4.71. The minimum absolute atomic E-state index is 0.437. The van der Waals surface area contributed by atoms with E-state index < -0.39 is 30.5 Å². The second-order valence-corrected chi connectivity index (χ2v) is 4.71. The number of para-hydroxylation sites is 1. The molecule has 0 radical (unpaired) electrons. The molecule has 1 aliphatic heterocycles. The van der Waals surface area contributed by atoms with Crippen molar-refractivity contribution in [3.63, 3.8) is 0 Å². The first kappa shape index (κ1) is 13.7. The van der Waals surface area contributed by atoms with Gasteiger partial charge in [-0.25, -0.2) is 0 Å². The summed E-state index contributed by atoms with van der Waals surface area (Å²) in [4.78, 5) is 10.7. The number of carbonyl (C=O) groups is 1. The predicted octanol–water partition coefficient (Wildman–Crippen LogP) is 3.07. The molecule has 1 heterocycles. The maximum absolute atomic E-state index is 12.6. The Morgan fingerprint density at radius 2 is 2.11 bits per heavy atom. The summed E-state index contributed by atoms with van der Waals surface area (Å²) in [5.74, 6) is -4.12. The highest BCUT2D eigenvalue weighted by molar-refractivity contribution is 5.71. The predicted molar refractivity (Wildman–Crippen MR) is 64.0 cm³/mol. The van der Waals surface area contributed by atoms with E-state index in [1.807, 2.05) is 12.1 Å². The SMILES string of the molecule is O=C(O)C(CC1CCc2ccccc2N1)C(F)(F)F. The van der Waals surface area contributed by atoms with Crippen molar-refractivity contribution in [2.24, 2.45) is 5.92 Å². The molecule has 0 saturated heterocycles. The monoisotopic (exact) mass is 273 g/mol. The molecule has 1 aromatic rings. The molecule has 3 nitrogen and oxygen atoms in total. The van der Waals surface area contributed by atoms with Gasteiger partial charge in [0, 0.05) is 11.7 Å². The first-order valence-electron chi connectivity index (χ1n) is 6.02. The number of anilines is 1. The van der Waals surface area contributed by atoms with E-state index in [2.05, 4.69) is 5.32 Å². The lowest BCUT2D eigenvalue weighted by Gasteiger charge is -2.29. The normalized spacial score (nSPS) is 20.3. The molecule has 0 fully saturated rings. The summed E-state index contributed by atoms with van der Waals surface area (Å²) in [6.45, 7) is 0. The number of hydrogen-bond acceptors (Lipinski definition) is 2. The average Bonchev–Trinajstić information content (AvgIpc) is 2.34. The van der Waals surface area contributed by atoms with Crippen LogP contribution in [0.4, 0.5) is 18.9 Å². The smallest absolute Gasteiger partial charge is 0.402 e. The van der Waals surface area contributed by atoms with Crippen LogP contribution < -0.4 is 5.32 Å². The van der Waals surface area contributed by atoms with Crippen LogP contribution in [0.3, 0.4) is 0 Å². The van der Waals surface area contributed by atoms with E-state index in [0.717, 1.165) is 11.3 Å². The Hall–Kier alpha value is -1.72. The minimum atomic E-state index is -4.70. The summed E-state index contributed by atoms with van der Waals surface area (Å²) in [7, 11) is 0. The van der Waals surface area contributed by atoms with Crippen LogP contribution in [0.5, 0.6) is 0 Å². The number of nitrogens with one attached hydrogen (secondary N) is 1. The highest BCUT2D eigenvalue weighted by Gasteiger charge is 2.46. The van der Waals surface area contributed by atoms with E-state index in [1.165, 1.54) is 0 Å². The maximum Gasteiger partial charge on any atom is 0.402 e. The zero-order chi connectivity index (χ0) is 14.0. The molecule has 1 aromatic carbocycles. The van der Waals surface area contributed by atoms with Gasteiger partial charge in [-0.05, 0) is 30.9 Å². The molecule has 0 bridgehead atoms. The van der Waals surface area contributed by atoms with E-state index >= 15 is 0 Å². The highest BCUT2D eigenvalue weighted by atomic mass is 19.4. The van der Waals surface area contributed by atoms with Crippen LogP contribution in [0.15, 0.2) is 24.3 Å². The second kappa shape index (κ2) is 5.11. The molecule has 0 saturated carbocycles. The van der Waals surface area contributed by atoms with Crippen LogP contribution in [-0.2, 0) is 11.2 Å². The van der Waals surface area contributed by atoms with Crippen molar-refractivity contribution in [2.45, 2.75) is 31.5 Å². The molecule has 19 heavy (non-hydrogen) atoms. The molecule has 1 aliphatic rings. The first-order valence-corrected chi connectivity index (χ1v) is 6.02. The average molecular weight is 273 g/mol. The third-order valence-electron chi connectivity index (χ3n) is 3.35. The fourth-order valence-corrected chi connectivity index (χ4v) is 2.34. The molecule has 2 unspecified atom stereocenters. The standard InChI is InChI=1S/C13H14F3NO2/c14-13(15,16)10(12(18)19)7-9-6-5-8-3-1-2-4-11(8)17-9/h1-4,9-10,17H,5-7H2,(H,18,19). The van der Waals surface area contributed by atoms with E-state index in [0.29, 0.717) is 12.8 Å². The molecule has 0 aromatic heterocycles. The molecule has 2 rings (SSSR count). The number of rotatable bonds is 3. The van der Waals surface area contributed by atoms with Crippen LogP contribution in [0, 0.1) is 5.92 Å². The van der Waals surface area contributed by atoms with Crippen LogP contribution in [0.2, 0.25) is 0 Å². The van der Waals surface area contributed by atoms with Gasteiger partial charge in [-0.15, -0.1) is 0 Å².